The predicted octanol–water partition coefficient (Wildman–Crippen LogP) is 4.69. The van der Waals surface area contributed by atoms with E-state index in [1.165, 1.54) is 12.1 Å². The number of hydrogen-bond donors (Lipinski definition) is 2. The number of para-hydroxylation sites is 1. The van der Waals surface area contributed by atoms with Gasteiger partial charge in [0.1, 0.15) is 11.5 Å². The molecule has 3 rings (SSSR count). The molecule has 0 atom stereocenters. The standard InChI is InChI=1S/C22H22FN3O/c1-2-17-5-3-4-6-20(17)26-22(27)21-15-19(12-14-25-21)24-13-11-16-7-9-18(23)10-8-16/h3-10,12,14-15H,2,11,13H2,1H3,(H,24,25)(H,26,27). The van der Waals surface area contributed by atoms with E-state index in [4.69, 9.17) is 0 Å². The van der Waals surface area contributed by atoms with Gasteiger partial charge in [0, 0.05) is 24.1 Å². The third kappa shape index (κ3) is 5.14. The van der Waals surface area contributed by atoms with Gasteiger partial charge in [-0.05, 0) is 54.3 Å². The highest BCUT2D eigenvalue weighted by Gasteiger charge is 2.10. The minimum absolute atomic E-state index is 0.235. The van der Waals surface area contributed by atoms with Crippen molar-refractivity contribution in [2.24, 2.45) is 0 Å². The Hall–Kier alpha value is -3.21. The van der Waals surface area contributed by atoms with Crippen LogP contribution in [0.15, 0.2) is 66.9 Å². The zero-order chi connectivity index (χ0) is 19.1. The van der Waals surface area contributed by atoms with Crippen LogP contribution in [-0.4, -0.2) is 17.4 Å². The quantitative estimate of drug-likeness (QED) is 0.640. The predicted molar refractivity (Wildman–Crippen MR) is 107 cm³/mol. The van der Waals surface area contributed by atoms with E-state index in [1.54, 1.807) is 24.4 Å². The molecule has 1 heterocycles. The van der Waals surface area contributed by atoms with E-state index < -0.39 is 0 Å². The fraction of sp³-hybridized carbons (Fsp3) is 0.182. The Kier molecular flexibility index (Phi) is 6.15. The first-order chi connectivity index (χ1) is 13.2. The van der Waals surface area contributed by atoms with Crippen LogP contribution in [-0.2, 0) is 12.8 Å². The summed E-state index contributed by atoms with van der Waals surface area (Å²) in [5.74, 6) is -0.473. The van der Waals surface area contributed by atoms with Crippen molar-refractivity contribution in [1.82, 2.24) is 4.98 Å². The summed E-state index contributed by atoms with van der Waals surface area (Å²) in [6.07, 6.45) is 3.21. The highest BCUT2D eigenvalue weighted by Crippen LogP contribution is 2.17. The first-order valence-corrected chi connectivity index (χ1v) is 8.99. The Bertz CT molecular complexity index is 909. The van der Waals surface area contributed by atoms with E-state index in [0.29, 0.717) is 12.2 Å². The molecule has 1 aromatic heterocycles. The summed E-state index contributed by atoms with van der Waals surface area (Å²) in [6.45, 7) is 2.73. The number of hydrogen-bond acceptors (Lipinski definition) is 3. The van der Waals surface area contributed by atoms with Crippen LogP contribution in [0.5, 0.6) is 0 Å². The van der Waals surface area contributed by atoms with E-state index in [-0.39, 0.29) is 11.7 Å². The van der Waals surface area contributed by atoms with Crippen LogP contribution in [0.4, 0.5) is 15.8 Å². The highest BCUT2D eigenvalue weighted by molar-refractivity contribution is 6.03. The van der Waals surface area contributed by atoms with Gasteiger partial charge in [0.15, 0.2) is 0 Å². The first kappa shape index (κ1) is 18.6. The molecule has 0 bridgehead atoms. The molecule has 4 nitrogen and oxygen atoms in total. The molecule has 0 saturated carbocycles. The summed E-state index contributed by atoms with van der Waals surface area (Å²) in [5, 5.41) is 6.20. The third-order valence-electron chi connectivity index (χ3n) is 4.30. The lowest BCUT2D eigenvalue weighted by Crippen LogP contribution is -2.15. The molecule has 27 heavy (non-hydrogen) atoms. The largest absolute Gasteiger partial charge is 0.385 e. The van der Waals surface area contributed by atoms with E-state index in [0.717, 1.165) is 35.3 Å². The Morgan fingerprint density at radius 3 is 2.63 bits per heavy atom. The average molecular weight is 363 g/mol. The van der Waals surface area contributed by atoms with Gasteiger partial charge in [-0.15, -0.1) is 0 Å². The smallest absolute Gasteiger partial charge is 0.274 e. The van der Waals surface area contributed by atoms with Crippen molar-refractivity contribution in [3.05, 3.63) is 89.5 Å². The number of pyridine rings is 1. The number of carbonyl (C=O) groups is 1. The third-order valence-corrected chi connectivity index (χ3v) is 4.30. The molecule has 0 saturated heterocycles. The summed E-state index contributed by atoms with van der Waals surface area (Å²) < 4.78 is 12.9. The number of nitrogens with one attached hydrogen (secondary N) is 2. The molecular formula is C22H22FN3O. The zero-order valence-corrected chi connectivity index (χ0v) is 15.2. The molecule has 0 aliphatic heterocycles. The topological polar surface area (TPSA) is 54.0 Å². The van der Waals surface area contributed by atoms with Crippen molar-refractivity contribution in [2.75, 3.05) is 17.2 Å². The number of aryl methyl sites for hydroxylation is 1. The van der Waals surface area contributed by atoms with E-state index >= 15 is 0 Å². The maximum atomic E-state index is 12.9. The van der Waals surface area contributed by atoms with Gasteiger partial charge in [0.25, 0.3) is 5.91 Å². The summed E-state index contributed by atoms with van der Waals surface area (Å²) in [5.41, 5.74) is 4.11. The average Bonchev–Trinajstić information content (AvgIpc) is 2.70. The Labute approximate surface area is 158 Å². The van der Waals surface area contributed by atoms with Crippen LogP contribution in [0.25, 0.3) is 0 Å². The molecule has 2 aromatic carbocycles. The highest BCUT2D eigenvalue weighted by atomic mass is 19.1. The minimum Gasteiger partial charge on any atom is -0.385 e. The van der Waals surface area contributed by atoms with Crippen molar-refractivity contribution < 1.29 is 9.18 Å². The van der Waals surface area contributed by atoms with Crippen LogP contribution in [0.1, 0.15) is 28.5 Å². The SMILES string of the molecule is CCc1ccccc1NC(=O)c1cc(NCCc2ccc(F)cc2)ccn1. The Morgan fingerprint density at radius 1 is 1.07 bits per heavy atom. The molecule has 1 amide bonds. The molecule has 0 aliphatic rings. The second kappa shape index (κ2) is 8.94. The maximum absolute atomic E-state index is 12.9. The number of amides is 1. The monoisotopic (exact) mass is 363 g/mol. The lowest BCUT2D eigenvalue weighted by atomic mass is 10.1. The van der Waals surface area contributed by atoms with E-state index in [2.05, 4.69) is 22.5 Å². The summed E-state index contributed by atoms with van der Waals surface area (Å²) >= 11 is 0. The number of benzene rings is 2. The van der Waals surface area contributed by atoms with Crippen molar-refractivity contribution >= 4 is 17.3 Å². The van der Waals surface area contributed by atoms with Crippen LogP contribution < -0.4 is 10.6 Å². The summed E-state index contributed by atoms with van der Waals surface area (Å²) in [6, 6.07) is 17.7. The zero-order valence-electron chi connectivity index (χ0n) is 15.2. The molecule has 0 aliphatic carbocycles. The molecule has 0 spiro atoms. The van der Waals surface area contributed by atoms with Crippen molar-refractivity contribution in [3.63, 3.8) is 0 Å². The number of halogens is 1. The van der Waals surface area contributed by atoms with Gasteiger partial charge in [-0.3, -0.25) is 9.78 Å². The number of nitrogens with zero attached hydrogens (tertiary/aromatic N) is 1. The number of anilines is 2. The molecule has 2 N–H and O–H groups in total. The second-order valence-corrected chi connectivity index (χ2v) is 6.20. The van der Waals surface area contributed by atoms with Crippen molar-refractivity contribution in [3.8, 4) is 0 Å². The Balaban J connectivity index is 1.60. The molecule has 0 radical (unpaired) electrons. The van der Waals surface area contributed by atoms with Crippen molar-refractivity contribution in [1.29, 1.82) is 0 Å². The van der Waals surface area contributed by atoms with Crippen LogP contribution in [0.3, 0.4) is 0 Å². The fourth-order valence-electron chi connectivity index (χ4n) is 2.80. The lowest BCUT2D eigenvalue weighted by Gasteiger charge is -2.11. The number of rotatable bonds is 7. The van der Waals surface area contributed by atoms with Crippen LogP contribution in [0.2, 0.25) is 0 Å². The van der Waals surface area contributed by atoms with E-state index in [9.17, 15) is 9.18 Å². The molecule has 138 valence electrons. The van der Waals surface area contributed by atoms with Gasteiger partial charge in [0.2, 0.25) is 0 Å². The summed E-state index contributed by atoms with van der Waals surface area (Å²) in [7, 11) is 0. The first-order valence-electron chi connectivity index (χ1n) is 8.99. The normalized spacial score (nSPS) is 10.4. The fourth-order valence-corrected chi connectivity index (χ4v) is 2.80. The molecule has 5 heteroatoms. The van der Waals surface area contributed by atoms with Gasteiger partial charge in [-0.1, -0.05) is 37.3 Å². The van der Waals surface area contributed by atoms with Gasteiger partial charge < -0.3 is 10.6 Å². The molecule has 0 unspecified atom stereocenters. The van der Waals surface area contributed by atoms with Gasteiger partial charge >= 0.3 is 0 Å². The van der Waals surface area contributed by atoms with Crippen molar-refractivity contribution in [2.45, 2.75) is 19.8 Å². The molecule has 0 fully saturated rings. The number of aromatic nitrogens is 1. The summed E-state index contributed by atoms with van der Waals surface area (Å²) in [4.78, 5) is 16.7. The van der Waals surface area contributed by atoms with Gasteiger partial charge in [-0.2, -0.15) is 0 Å². The lowest BCUT2D eigenvalue weighted by molar-refractivity contribution is 0.102. The second-order valence-electron chi connectivity index (χ2n) is 6.20. The molecular weight excluding hydrogens is 341 g/mol. The van der Waals surface area contributed by atoms with E-state index in [1.807, 2.05) is 30.3 Å². The molecule has 3 aromatic rings. The maximum Gasteiger partial charge on any atom is 0.274 e. The minimum atomic E-state index is -0.238. The van der Waals surface area contributed by atoms with Crippen LogP contribution >= 0.6 is 0 Å². The van der Waals surface area contributed by atoms with Gasteiger partial charge in [-0.25, -0.2) is 4.39 Å². The van der Waals surface area contributed by atoms with Crippen LogP contribution in [0, 0.1) is 5.82 Å². The van der Waals surface area contributed by atoms with Gasteiger partial charge in [0.05, 0.1) is 0 Å². The Morgan fingerprint density at radius 2 is 1.85 bits per heavy atom. The number of carbonyl (C=O) groups excluding carboxylic acids is 1.